The Labute approximate surface area is 129 Å². The minimum Gasteiger partial charge on any atom is -0.415 e. The first kappa shape index (κ1) is 14.4. The molecule has 2 aliphatic rings. The number of hydrogen-bond donors (Lipinski definition) is 1. The second-order valence-electron chi connectivity index (χ2n) is 5.73. The quantitative estimate of drug-likeness (QED) is 0.868. The van der Waals surface area contributed by atoms with Crippen LogP contribution in [0.1, 0.15) is 12.5 Å². The molecule has 0 aromatic heterocycles. The first-order chi connectivity index (χ1) is 10.1. The van der Waals surface area contributed by atoms with Gasteiger partial charge in [0.2, 0.25) is 5.78 Å². The van der Waals surface area contributed by atoms with Crippen LogP contribution in [0.15, 0.2) is 53.8 Å². The number of rotatable bonds is 4. The van der Waals surface area contributed by atoms with Crippen LogP contribution >= 0.6 is 11.8 Å². The van der Waals surface area contributed by atoms with Gasteiger partial charge in [-0.15, -0.1) is 5.48 Å². The van der Waals surface area contributed by atoms with E-state index >= 15 is 0 Å². The van der Waals surface area contributed by atoms with Crippen molar-refractivity contribution in [1.29, 1.82) is 0 Å². The third-order valence-corrected chi connectivity index (χ3v) is 5.46. The first-order valence-electron chi connectivity index (χ1n) is 6.90. The van der Waals surface area contributed by atoms with E-state index in [4.69, 9.17) is 4.84 Å². The molecule has 0 bridgehead atoms. The molecule has 4 nitrogen and oxygen atoms in total. The average molecular weight is 303 g/mol. The van der Waals surface area contributed by atoms with E-state index in [-0.39, 0.29) is 5.78 Å². The highest BCUT2D eigenvalue weighted by atomic mass is 32.2. The van der Waals surface area contributed by atoms with Gasteiger partial charge in [-0.05, 0) is 11.6 Å². The highest BCUT2D eigenvalue weighted by Crippen LogP contribution is 2.33. The minimum absolute atomic E-state index is 0.111. The molecule has 0 saturated carbocycles. The number of thioether (sulfide) groups is 1. The van der Waals surface area contributed by atoms with Crippen LogP contribution in [0.4, 0.5) is 0 Å². The van der Waals surface area contributed by atoms with Crippen molar-refractivity contribution in [2.45, 2.75) is 12.5 Å². The minimum atomic E-state index is -0.879. The number of likely N-dealkylation sites (N-methyl/N-ethyl adjacent to an activating group) is 1. The van der Waals surface area contributed by atoms with Gasteiger partial charge in [0.15, 0.2) is 5.54 Å². The molecule has 2 aliphatic heterocycles. The third kappa shape index (κ3) is 2.41. The average Bonchev–Trinajstić information content (AvgIpc) is 3.09. The first-order valence-corrected chi connectivity index (χ1v) is 7.95. The van der Waals surface area contributed by atoms with E-state index in [9.17, 15) is 4.79 Å². The topological polar surface area (TPSA) is 38.3 Å². The molecule has 2 atom stereocenters. The van der Waals surface area contributed by atoms with E-state index in [1.807, 2.05) is 30.3 Å². The lowest BCUT2D eigenvalue weighted by Crippen LogP contribution is -2.53. The second-order valence-corrected chi connectivity index (χ2v) is 6.56. The van der Waals surface area contributed by atoms with Crippen molar-refractivity contribution >= 4 is 17.5 Å². The molecule has 5 heteroatoms. The Morgan fingerprint density at radius 1 is 1.43 bits per heavy atom. The number of allylic oxidation sites excluding steroid dienone is 1. The van der Waals surface area contributed by atoms with Crippen LogP contribution in [0.2, 0.25) is 0 Å². The summed E-state index contributed by atoms with van der Waals surface area (Å²) in [6.07, 6.45) is 3.35. The van der Waals surface area contributed by atoms with Crippen molar-refractivity contribution in [3.8, 4) is 0 Å². The van der Waals surface area contributed by atoms with Gasteiger partial charge >= 0.3 is 0 Å². The largest absolute Gasteiger partial charge is 0.415 e. The van der Waals surface area contributed by atoms with Crippen molar-refractivity contribution in [3.63, 3.8) is 0 Å². The van der Waals surface area contributed by atoms with Gasteiger partial charge in [-0.2, -0.15) is 0 Å². The van der Waals surface area contributed by atoms with Gasteiger partial charge in [-0.1, -0.05) is 42.1 Å². The van der Waals surface area contributed by atoms with Crippen molar-refractivity contribution in [2.75, 3.05) is 19.5 Å². The van der Waals surface area contributed by atoms with E-state index in [1.165, 1.54) is 5.70 Å². The van der Waals surface area contributed by atoms with Crippen molar-refractivity contribution < 1.29 is 14.1 Å². The molecular weight excluding hydrogens is 284 g/mol. The molecule has 0 spiro atoms. The highest BCUT2D eigenvalue weighted by Gasteiger charge is 2.45. The van der Waals surface area contributed by atoms with Crippen LogP contribution in [0.5, 0.6) is 0 Å². The summed E-state index contributed by atoms with van der Waals surface area (Å²) in [5.74, 6) is 1.01. The number of Topliss-reactive ketones (excluding diaryl/α,β-unsaturated/α-hetero) is 1. The van der Waals surface area contributed by atoms with Gasteiger partial charge < -0.3 is 4.84 Å². The van der Waals surface area contributed by atoms with E-state index in [2.05, 4.69) is 24.9 Å². The molecule has 0 amide bonds. The van der Waals surface area contributed by atoms with Crippen LogP contribution in [0.25, 0.3) is 0 Å². The summed E-state index contributed by atoms with van der Waals surface area (Å²) in [6, 6.07) is 9.71. The van der Waals surface area contributed by atoms with Crippen molar-refractivity contribution in [3.05, 3.63) is 59.3 Å². The molecule has 2 unspecified atom stereocenters. The lowest BCUT2D eigenvalue weighted by atomic mass is 9.86. The maximum atomic E-state index is 13.0. The van der Waals surface area contributed by atoms with E-state index in [0.29, 0.717) is 11.0 Å². The number of carbonyl (C=O) groups excluding carboxylic acids is 1. The number of nitrogens with zero attached hydrogens (tertiary/aromatic N) is 1. The fourth-order valence-electron chi connectivity index (χ4n) is 2.63. The predicted molar refractivity (Wildman–Crippen MR) is 83.8 cm³/mol. The van der Waals surface area contributed by atoms with E-state index < -0.39 is 5.54 Å². The molecular formula is C16H19N2O2S+. The highest BCUT2D eigenvalue weighted by molar-refractivity contribution is 8.02. The van der Waals surface area contributed by atoms with Crippen LogP contribution in [0, 0.1) is 0 Å². The zero-order chi connectivity index (χ0) is 14.9. The van der Waals surface area contributed by atoms with Crippen LogP contribution in [0.3, 0.4) is 0 Å². The summed E-state index contributed by atoms with van der Waals surface area (Å²) < 4.78 is 0.646. The SMILES string of the molecule is CC1=CSC[N+]1(C)CC(=O)C1(c2ccccc2)C=CON1. The fraction of sp³-hybridized carbons (Fsp3) is 0.312. The molecule has 0 fully saturated rings. The van der Waals surface area contributed by atoms with E-state index in [1.54, 1.807) is 24.1 Å². The van der Waals surface area contributed by atoms with Crippen LogP contribution in [-0.4, -0.2) is 29.7 Å². The Balaban J connectivity index is 1.91. The van der Waals surface area contributed by atoms with Crippen LogP contribution < -0.4 is 5.48 Å². The number of ketones is 1. The summed E-state index contributed by atoms with van der Waals surface area (Å²) in [5.41, 5.74) is 4.14. The second kappa shape index (κ2) is 5.33. The van der Waals surface area contributed by atoms with Crippen molar-refractivity contribution in [1.82, 2.24) is 5.48 Å². The summed E-state index contributed by atoms with van der Waals surface area (Å²) in [6.45, 7) is 2.52. The van der Waals surface area contributed by atoms with Gasteiger partial charge in [-0.3, -0.25) is 9.28 Å². The molecule has 3 rings (SSSR count). The number of hydrogen-bond acceptors (Lipinski definition) is 4. The predicted octanol–water partition coefficient (Wildman–Crippen LogP) is 2.51. The standard InChI is InChI=1S/C16H19N2O2S/c1-13-11-21-12-18(13,2)10-15(19)16(8-9-20-17-16)14-6-4-3-5-7-14/h3-9,11,17H,10,12H2,1-2H3/q+1. The summed E-state index contributed by atoms with van der Waals surface area (Å²) in [4.78, 5) is 18.2. The molecule has 110 valence electrons. The number of nitrogens with one attached hydrogen (secondary N) is 1. The maximum absolute atomic E-state index is 13.0. The van der Waals surface area contributed by atoms with Gasteiger partial charge in [0.25, 0.3) is 0 Å². The van der Waals surface area contributed by atoms with Crippen LogP contribution in [-0.2, 0) is 15.2 Å². The van der Waals surface area contributed by atoms with Crippen molar-refractivity contribution in [2.24, 2.45) is 0 Å². The van der Waals surface area contributed by atoms with E-state index in [0.717, 1.165) is 11.4 Å². The monoisotopic (exact) mass is 303 g/mol. The Morgan fingerprint density at radius 3 is 2.76 bits per heavy atom. The summed E-state index contributed by atoms with van der Waals surface area (Å²) in [5, 5.41) is 2.14. The molecule has 21 heavy (non-hydrogen) atoms. The molecule has 1 aromatic rings. The van der Waals surface area contributed by atoms with Gasteiger partial charge in [-0.25, -0.2) is 0 Å². The molecule has 0 radical (unpaired) electrons. The molecule has 2 heterocycles. The molecule has 1 aromatic carbocycles. The zero-order valence-corrected chi connectivity index (χ0v) is 13.0. The van der Waals surface area contributed by atoms with Gasteiger partial charge in [0, 0.05) is 12.3 Å². The molecule has 0 saturated heterocycles. The number of hydroxylamine groups is 1. The number of quaternary nitrogens is 1. The Morgan fingerprint density at radius 2 is 2.19 bits per heavy atom. The summed E-state index contributed by atoms with van der Waals surface area (Å²) >= 11 is 1.76. The zero-order valence-electron chi connectivity index (χ0n) is 12.2. The number of carbonyl (C=O) groups is 1. The van der Waals surface area contributed by atoms with Gasteiger partial charge in [0.1, 0.15) is 24.4 Å². The molecule has 1 N–H and O–H groups in total. The van der Waals surface area contributed by atoms with Gasteiger partial charge in [0.05, 0.1) is 7.05 Å². The normalized spacial score (nSPS) is 31.0. The summed E-state index contributed by atoms with van der Waals surface area (Å²) in [7, 11) is 2.10. The Hall–Kier alpha value is -1.56. The lowest BCUT2D eigenvalue weighted by molar-refractivity contribution is -0.849. The fourth-order valence-corrected chi connectivity index (χ4v) is 3.82. The molecule has 0 aliphatic carbocycles. The third-order valence-electron chi connectivity index (χ3n) is 4.23. The Kier molecular flexibility index (Phi) is 3.65. The Bertz CT molecular complexity index is 614. The number of benzene rings is 1. The maximum Gasteiger partial charge on any atom is 0.219 e. The smallest absolute Gasteiger partial charge is 0.219 e. The lowest BCUT2D eigenvalue weighted by Gasteiger charge is -2.33.